The number of hydrogen-bond acceptors (Lipinski definition) is 3. The Labute approximate surface area is 159 Å². The molecular formula is C21H26N4O2. The first-order chi connectivity index (χ1) is 13.0. The average molecular weight is 366 g/mol. The van der Waals surface area contributed by atoms with Crippen molar-refractivity contribution in [2.75, 3.05) is 5.32 Å². The molecular weight excluding hydrogens is 340 g/mol. The minimum Gasteiger partial charge on any atom is -0.350 e. The highest BCUT2D eigenvalue weighted by Crippen LogP contribution is 2.20. The Morgan fingerprint density at radius 2 is 1.70 bits per heavy atom. The summed E-state index contributed by atoms with van der Waals surface area (Å²) >= 11 is 0. The fourth-order valence-corrected chi connectivity index (χ4v) is 2.84. The van der Waals surface area contributed by atoms with E-state index in [1.807, 2.05) is 61.5 Å². The van der Waals surface area contributed by atoms with Gasteiger partial charge >= 0.3 is 6.03 Å². The van der Waals surface area contributed by atoms with Crippen molar-refractivity contribution in [3.05, 3.63) is 65.7 Å². The van der Waals surface area contributed by atoms with Gasteiger partial charge in [0, 0.05) is 24.2 Å². The highest BCUT2D eigenvalue weighted by Gasteiger charge is 2.23. The third kappa shape index (κ3) is 5.82. The van der Waals surface area contributed by atoms with Gasteiger partial charge in [-0.2, -0.15) is 0 Å². The van der Waals surface area contributed by atoms with Crippen LogP contribution in [0.4, 0.5) is 10.5 Å². The second-order valence-corrected chi connectivity index (χ2v) is 7.01. The average Bonchev–Trinajstić information content (AvgIpc) is 3.46. The lowest BCUT2D eigenvalue weighted by Crippen LogP contribution is -2.30. The Balaban J connectivity index is 1.48. The molecule has 1 aliphatic carbocycles. The SMILES string of the molecule is CC(NC(=O)CC(N)c1ccccc1)c1ccc(NC(=O)NC2CC2)cc1. The third-order valence-corrected chi connectivity index (χ3v) is 4.59. The van der Waals surface area contributed by atoms with Crippen LogP contribution in [0.25, 0.3) is 0 Å². The highest BCUT2D eigenvalue weighted by molar-refractivity contribution is 5.89. The van der Waals surface area contributed by atoms with Gasteiger partial charge < -0.3 is 21.7 Å². The Morgan fingerprint density at radius 3 is 2.33 bits per heavy atom. The molecule has 2 aromatic rings. The van der Waals surface area contributed by atoms with Crippen LogP contribution >= 0.6 is 0 Å². The van der Waals surface area contributed by atoms with Crippen molar-refractivity contribution in [3.8, 4) is 0 Å². The summed E-state index contributed by atoms with van der Waals surface area (Å²) in [4.78, 5) is 24.0. The summed E-state index contributed by atoms with van der Waals surface area (Å²) in [6, 6.07) is 16.7. The normalized spacial score (nSPS) is 15.5. The molecule has 0 saturated heterocycles. The first-order valence-corrected chi connectivity index (χ1v) is 9.28. The van der Waals surface area contributed by atoms with E-state index in [1.165, 1.54) is 0 Å². The molecule has 5 N–H and O–H groups in total. The number of nitrogens with two attached hydrogens (primary N) is 1. The van der Waals surface area contributed by atoms with Crippen LogP contribution < -0.4 is 21.7 Å². The monoisotopic (exact) mass is 366 g/mol. The lowest BCUT2D eigenvalue weighted by molar-refractivity contribution is -0.122. The molecule has 3 rings (SSSR count). The van der Waals surface area contributed by atoms with Gasteiger partial charge in [0.2, 0.25) is 5.91 Å². The van der Waals surface area contributed by atoms with Gasteiger partial charge in [0.15, 0.2) is 0 Å². The van der Waals surface area contributed by atoms with E-state index in [0.29, 0.717) is 6.04 Å². The Morgan fingerprint density at radius 1 is 1.04 bits per heavy atom. The van der Waals surface area contributed by atoms with Gasteiger partial charge in [-0.3, -0.25) is 4.79 Å². The molecule has 3 amide bonds. The molecule has 0 heterocycles. The molecule has 0 bridgehead atoms. The number of urea groups is 1. The van der Waals surface area contributed by atoms with Gasteiger partial charge in [0.25, 0.3) is 0 Å². The standard InChI is InChI=1S/C21H26N4O2/c1-14(23-20(26)13-19(22)16-5-3-2-4-6-16)15-7-9-17(10-8-15)24-21(27)25-18-11-12-18/h2-10,14,18-19H,11-13,22H2,1H3,(H,23,26)(H2,24,25,27). The number of carbonyl (C=O) groups is 2. The summed E-state index contributed by atoms with van der Waals surface area (Å²) < 4.78 is 0. The van der Waals surface area contributed by atoms with Gasteiger partial charge in [-0.25, -0.2) is 4.79 Å². The van der Waals surface area contributed by atoms with Crippen molar-refractivity contribution in [3.63, 3.8) is 0 Å². The maximum absolute atomic E-state index is 12.3. The van der Waals surface area contributed by atoms with Gasteiger partial charge in [-0.1, -0.05) is 42.5 Å². The molecule has 6 nitrogen and oxygen atoms in total. The molecule has 2 unspecified atom stereocenters. The van der Waals surface area contributed by atoms with Crippen molar-refractivity contribution in [2.24, 2.45) is 5.73 Å². The smallest absolute Gasteiger partial charge is 0.319 e. The van der Waals surface area contributed by atoms with Crippen LogP contribution in [0, 0.1) is 0 Å². The number of amides is 3. The predicted octanol–water partition coefficient (Wildman–Crippen LogP) is 3.24. The van der Waals surface area contributed by atoms with Crippen LogP contribution in [0.3, 0.4) is 0 Å². The molecule has 0 aromatic heterocycles. The number of carbonyl (C=O) groups excluding carboxylic acids is 2. The summed E-state index contributed by atoms with van der Waals surface area (Å²) in [5.74, 6) is -0.0927. The third-order valence-electron chi connectivity index (χ3n) is 4.59. The van der Waals surface area contributed by atoms with Gasteiger partial charge in [-0.15, -0.1) is 0 Å². The maximum Gasteiger partial charge on any atom is 0.319 e. The summed E-state index contributed by atoms with van der Waals surface area (Å²) in [7, 11) is 0. The van der Waals surface area contributed by atoms with E-state index < -0.39 is 0 Å². The number of benzene rings is 2. The van der Waals surface area contributed by atoms with E-state index >= 15 is 0 Å². The summed E-state index contributed by atoms with van der Waals surface area (Å²) in [6.07, 6.45) is 2.34. The van der Waals surface area contributed by atoms with Crippen molar-refractivity contribution < 1.29 is 9.59 Å². The fraction of sp³-hybridized carbons (Fsp3) is 0.333. The molecule has 27 heavy (non-hydrogen) atoms. The van der Waals surface area contributed by atoms with Crippen LogP contribution in [-0.2, 0) is 4.79 Å². The molecule has 2 aromatic carbocycles. The summed E-state index contributed by atoms with van der Waals surface area (Å²) in [6.45, 7) is 1.92. The van der Waals surface area contributed by atoms with Crippen LogP contribution in [0.2, 0.25) is 0 Å². The van der Waals surface area contributed by atoms with E-state index in [9.17, 15) is 9.59 Å². The molecule has 1 saturated carbocycles. The Kier molecular flexibility index (Phi) is 6.08. The largest absolute Gasteiger partial charge is 0.350 e. The number of rotatable bonds is 7. The first-order valence-electron chi connectivity index (χ1n) is 9.28. The van der Waals surface area contributed by atoms with E-state index in [-0.39, 0.29) is 30.4 Å². The summed E-state index contributed by atoms with van der Waals surface area (Å²) in [5.41, 5.74) is 8.74. The fourth-order valence-electron chi connectivity index (χ4n) is 2.84. The highest BCUT2D eigenvalue weighted by atomic mass is 16.2. The minimum atomic E-state index is -0.324. The zero-order valence-corrected chi connectivity index (χ0v) is 15.4. The zero-order chi connectivity index (χ0) is 19.2. The topological polar surface area (TPSA) is 96.2 Å². The molecule has 0 radical (unpaired) electrons. The van der Waals surface area contributed by atoms with E-state index in [4.69, 9.17) is 5.73 Å². The molecule has 6 heteroatoms. The van der Waals surface area contributed by atoms with Crippen LogP contribution in [0.5, 0.6) is 0 Å². The van der Waals surface area contributed by atoms with Crippen LogP contribution in [0.1, 0.15) is 49.4 Å². The number of nitrogens with one attached hydrogen (secondary N) is 3. The van der Waals surface area contributed by atoms with Crippen molar-refractivity contribution >= 4 is 17.6 Å². The first kappa shape index (κ1) is 18.9. The Hall–Kier alpha value is -2.86. The van der Waals surface area contributed by atoms with Gasteiger partial charge in [-0.05, 0) is 43.0 Å². The van der Waals surface area contributed by atoms with Crippen LogP contribution in [0.15, 0.2) is 54.6 Å². The zero-order valence-electron chi connectivity index (χ0n) is 15.4. The minimum absolute atomic E-state index is 0.0927. The van der Waals surface area contributed by atoms with Crippen molar-refractivity contribution in [2.45, 2.75) is 44.3 Å². The van der Waals surface area contributed by atoms with Crippen LogP contribution in [-0.4, -0.2) is 18.0 Å². The lowest BCUT2D eigenvalue weighted by Gasteiger charge is -2.17. The number of anilines is 1. The van der Waals surface area contributed by atoms with E-state index in [1.54, 1.807) is 0 Å². The van der Waals surface area contributed by atoms with E-state index in [0.717, 1.165) is 29.7 Å². The molecule has 142 valence electrons. The summed E-state index contributed by atoms with van der Waals surface area (Å²) in [5, 5.41) is 8.66. The van der Waals surface area contributed by atoms with Gasteiger partial charge in [0.05, 0.1) is 6.04 Å². The molecule has 1 aliphatic rings. The predicted molar refractivity (Wildman–Crippen MR) is 106 cm³/mol. The van der Waals surface area contributed by atoms with Crippen molar-refractivity contribution in [1.82, 2.24) is 10.6 Å². The quantitative estimate of drug-likeness (QED) is 0.606. The maximum atomic E-state index is 12.3. The molecule has 0 aliphatic heterocycles. The second-order valence-electron chi connectivity index (χ2n) is 7.01. The van der Waals surface area contributed by atoms with E-state index in [2.05, 4.69) is 16.0 Å². The molecule has 1 fully saturated rings. The van der Waals surface area contributed by atoms with Gasteiger partial charge in [0.1, 0.15) is 0 Å². The number of hydrogen-bond donors (Lipinski definition) is 4. The lowest BCUT2D eigenvalue weighted by atomic mass is 10.0. The molecule has 0 spiro atoms. The second kappa shape index (κ2) is 8.68. The molecule has 2 atom stereocenters. The van der Waals surface area contributed by atoms with Crippen molar-refractivity contribution in [1.29, 1.82) is 0 Å². The Bertz CT molecular complexity index is 773.